The van der Waals surface area contributed by atoms with E-state index >= 15 is 0 Å². The number of aromatic nitrogens is 1. The molecule has 0 saturated heterocycles. The Kier molecular flexibility index (Phi) is 4.64. The van der Waals surface area contributed by atoms with Crippen molar-refractivity contribution in [1.82, 2.24) is 4.98 Å². The van der Waals surface area contributed by atoms with Crippen LogP contribution in [0.2, 0.25) is 10.0 Å². The molecule has 2 aromatic rings. The highest BCUT2D eigenvalue weighted by Crippen LogP contribution is 2.39. The van der Waals surface area contributed by atoms with Gasteiger partial charge >= 0.3 is 6.18 Å². The van der Waals surface area contributed by atoms with Gasteiger partial charge in [0.1, 0.15) is 0 Å². The van der Waals surface area contributed by atoms with Crippen molar-refractivity contribution in [3.8, 4) is 17.0 Å². The molecule has 8 heteroatoms. The third-order valence-electron chi connectivity index (χ3n) is 3.82. The average Bonchev–Trinajstić information content (AvgIpc) is 2.51. The Morgan fingerprint density at radius 3 is 2.46 bits per heavy atom. The van der Waals surface area contributed by atoms with Crippen LogP contribution in [0.25, 0.3) is 11.1 Å². The largest absolute Gasteiger partial charge is 0.481 e. The lowest BCUT2D eigenvalue weighted by atomic mass is 9.92. The summed E-state index contributed by atoms with van der Waals surface area (Å²) < 4.78 is 49.8. The van der Waals surface area contributed by atoms with Crippen LogP contribution in [-0.4, -0.2) is 24.4 Å². The van der Waals surface area contributed by atoms with E-state index in [0.717, 1.165) is 0 Å². The van der Waals surface area contributed by atoms with Gasteiger partial charge in [0, 0.05) is 24.2 Å². The number of hydrogen-bond acceptors (Lipinski definition) is 3. The number of halogens is 5. The first-order valence-corrected chi connectivity index (χ1v) is 7.74. The molecular weight excluding hydrogens is 366 g/mol. The van der Waals surface area contributed by atoms with Gasteiger partial charge in [-0.05, 0) is 28.8 Å². The fourth-order valence-electron chi connectivity index (χ4n) is 2.61. The fraction of sp³-hybridized carbons (Fsp3) is 0.312. The number of rotatable bonds is 1. The summed E-state index contributed by atoms with van der Waals surface area (Å²) in [6.45, 7) is -0.212. The number of benzene rings is 1. The molecule has 0 fully saturated rings. The molecular formula is C16H12Cl2F3NO2. The molecule has 1 aliphatic rings. The SMILES string of the molecule is COc1cc2c(cn1)CO[C@H](C(F)(F)F)Cc1cc(Cl)c(Cl)cc1-2. The summed E-state index contributed by atoms with van der Waals surface area (Å²) >= 11 is 12.1. The first kappa shape index (κ1) is 17.3. The number of fused-ring (bicyclic) bond motifs is 3. The maximum atomic E-state index is 13.2. The van der Waals surface area contributed by atoms with E-state index in [2.05, 4.69) is 4.98 Å². The monoisotopic (exact) mass is 377 g/mol. The Morgan fingerprint density at radius 1 is 1.12 bits per heavy atom. The maximum Gasteiger partial charge on any atom is 0.414 e. The Labute approximate surface area is 146 Å². The molecule has 1 aromatic carbocycles. The van der Waals surface area contributed by atoms with Crippen molar-refractivity contribution in [3.05, 3.63) is 45.6 Å². The van der Waals surface area contributed by atoms with Crippen LogP contribution in [0.3, 0.4) is 0 Å². The lowest BCUT2D eigenvalue weighted by molar-refractivity contribution is -0.223. The van der Waals surface area contributed by atoms with Crippen LogP contribution in [0, 0.1) is 0 Å². The predicted octanol–water partition coefficient (Wildman–Crippen LogP) is 5.07. The van der Waals surface area contributed by atoms with Gasteiger partial charge in [0.15, 0.2) is 6.10 Å². The zero-order valence-corrected chi connectivity index (χ0v) is 14.0. The van der Waals surface area contributed by atoms with Gasteiger partial charge in [0.25, 0.3) is 0 Å². The Morgan fingerprint density at radius 2 is 1.79 bits per heavy atom. The highest BCUT2D eigenvalue weighted by molar-refractivity contribution is 6.42. The molecule has 0 N–H and O–H groups in total. The molecule has 0 saturated carbocycles. The van der Waals surface area contributed by atoms with Gasteiger partial charge in [-0.25, -0.2) is 4.98 Å². The quantitative estimate of drug-likeness (QED) is 0.695. The van der Waals surface area contributed by atoms with Crippen LogP contribution in [0.15, 0.2) is 24.4 Å². The number of hydrogen-bond donors (Lipinski definition) is 0. The third kappa shape index (κ3) is 3.31. The lowest BCUT2D eigenvalue weighted by Gasteiger charge is -2.26. The molecule has 1 atom stereocenters. The van der Waals surface area contributed by atoms with Crippen molar-refractivity contribution in [3.63, 3.8) is 0 Å². The molecule has 1 aliphatic heterocycles. The first-order chi connectivity index (χ1) is 11.3. The highest BCUT2D eigenvalue weighted by Gasteiger charge is 2.42. The number of ether oxygens (including phenoxy) is 2. The van der Waals surface area contributed by atoms with Crippen LogP contribution < -0.4 is 4.74 Å². The topological polar surface area (TPSA) is 31.4 Å². The summed E-state index contributed by atoms with van der Waals surface area (Å²) in [5.41, 5.74) is 2.15. The van der Waals surface area contributed by atoms with E-state index in [9.17, 15) is 13.2 Å². The molecule has 0 spiro atoms. The molecule has 24 heavy (non-hydrogen) atoms. The van der Waals surface area contributed by atoms with Gasteiger partial charge in [-0.2, -0.15) is 13.2 Å². The third-order valence-corrected chi connectivity index (χ3v) is 4.54. The summed E-state index contributed by atoms with van der Waals surface area (Å²) in [6, 6.07) is 4.66. The molecule has 0 amide bonds. The summed E-state index contributed by atoms with van der Waals surface area (Å²) in [5.74, 6) is 0.346. The smallest absolute Gasteiger partial charge is 0.414 e. The summed E-state index contributed by atoms with van der Waals surface area (Å²) in [5, 5.41) is 0.460. The molecule has 0 radical (unpaired) electrons. The van der Waals surface area contributed by atoms with Crippen LogP contribution in [0.5, 0.6) is 5.88 Å². The molecule has 3 nitrogen and oxygen atoms in total. The molecule has 0 bridgehead atoms. The minimum atomic E-state index is -4.49. The number of nitrogens with zero attached hydrogens (tertiary/aromatic N) is 1. The van der Waals surface area contributed by atoms with Crippen molar-refractivity contribution in [1.29, 1.82) is 0 Å². The minimum absolute atomic E-state index is 0.194. The summed E-state index contributed by atoms with van der Waals surface area (Å²) in [7, 11) is 1.46. The number of pyridine rings is 1. The van der Waals surface area contributed by atoms with E-state index in [0.29, 0.717) is 28.1 Å². The van der Waals surface area contributed by atoms with Crippen molar-refractivity contribution in [2.24, 2.45) is 0 Å². The Balaban J connectivity index is 2.20. The van der Waals surface area contributed by atoms with Crippen molar-refractivity contribution >= 4 is 23.2 Å². The molecule has 2 heterocycles. The first-order valence-electron chi connectivity index (χ1n) is 6.99. The van der Waals surface area contributed by atoms with Gasteiger partial charge in [0.05, 0.1) is 23.8 Å². The standard InChI is InChI=1S/C16H12Cl2F3NO2/c1-23-15-5-11-9(6-22-15)7-24-14(16(19,20)21)3-8-2-12(17)13(18)4-10(8)11/h2,4-6,14H,3,7H2,1H3/t14-/m0/s1. The number of alkyl halides is 3. The van der Waals surface area contributed by atoms with E-state index < -0.39 is 12.3 Å². The van der Waals surface area contributed by atoms with Crippen LogP contribution >= 0.6 is 23.2 Å². The van der Waals surface area contributed by atoms with Gasteiger partial charge in [-0.1, -0.05) is 23.2 Å². The maximum absolute atomic E-state index is 13.2. The van der Waals surface area contributed by atoms with Gasteiger partial charge in [0.2, 0.25) is 5.88 Å². The van der Waals surface area contributed by atoms with Crippen molar-refractivity contribution in [2.75, 3.05) is 7.11 Å². The summed E-state index contributed by atoms with van der Waals surface area (Å²) in [4.78, 5) is 4.04. The van der Waals surface area contributed by atoms with Crippen molar-refractivity contribution in [2.45, 2.75) is 25.3 Å². The average molecular weight is 378 g/mol. The van der Waals surface area contributed by atoms with Crippen LogP contribution in [0.4, 0.5) is 13.2 Å². The molecule has 0 aliphatic carbocycles. The normalized spacial score (nSPS) is 17.5. The van der Waals surface area contributed by atoms with E-state index in [1.807, 2.05) is 0 Å². The fourth-order valence-corrected chi connectivity index (χ4v) is 2.96. The summed E-state index contributed by atoms with van der Waals surface area (Å²) in [6.07, 6.45) is -5.32. The second kappa shape index (κ2) is 6.43. The lowest BCUT2D eigenvalue weighted by Crippen LogP contribution is -2.34. The molecule has 3 rings (SSSR count). The molecule has 128 valence electrons. The van der Waals surface area contributed by atoms with Gasteiger partial charge < -0.3 is 9.47 Å². The Bertz CT molecular complexity index is 781. The van der Waals surface area contributed by atoms with Crippen LogP contribution in [0.1, 0.15) is 11.1 Å². The van der Waals surface area contributed by atoms with Gasteiger partial charge in [-0.15, -0.1) is 0 Å². The number of methoxy groups -OCH3 is 1. The van der Waals surface area contributed by atoms with E-state index in [1.54, 1.807) is 12.1 Å². The van der Waals surface area contributed by atoms with Gasteiger partial charge in [-0.3, -0.25) is 0 Å². The van der Waals surface area contributed by atoms with E-state index in [4.69, 9.17) is 32.7 Å². The highest BCUT2D eigenvalue weighted by atomic mass is 35.5. The Hall–Kier alpha value is -1.50. The van der Waals surface area contributed by atoms with E-state index in [-0.39, 0.29) is 23.1 Å². The second-order valence-corrected chi connectivity index (χ2v) is 6.17. The molecule has 1 aromatic heterocycles. The zero-order valence-electron chi connectivity index (χ0n) is 12.5. The van der Waals surface area contributed by atoms with Crippen LogP contribution in [-0.2, 0) is 17.8 Å². The second-order valence-electron chi connectivity index (χ2n) is 5.35. The predicted molar refractivity (Wildman–Crippen MR) is 84.6 cm³/mol. The van der Waals surface area contributed by atoms with E-state index in [1.165, 1.54) is 19.4 Å². The van der Waals surface area contributed by atoms with Crippen molar-refractivity contribution < 1.29 is 22.6 Å². The minimum Gasteiger partial charge on any atom is -0.481 e. The molecule has 0 unspecified atom stereocenters. The zero-order chi connectivity index (χ0) is 17.5.